The third-order valence-electron chi connectivity index (χ3n) is 4.09. The summed E-state index contributed by atoms with van der Waals surface area (Å²) >= 11 is 1.93. The van der Waals surface area contributed by atoms with Crippen molar-refractivity contribution in [2.45, 2.75) is 24.5 Å². The molecule has 2 aliphatic rings. The van der Waals surface area contributed by atoms with Crippen LogP contribution in [0.25, 0.3) is 0 Å². The molecule has 0 saturated carbocycles. The van der Waals surface area contributed by atoms with Crippen molar-refractivity contribution in [2.75, 3.05) is 45.6 Å². The Morgan fingerprint density at radius 3 is 2.90 bits per heavy atom. The number of thioether (sulfide) groups is 1. The summed E-state index contributed by atoms with van der Waals surface area (Å²) in [7, 11) is 4.35. The van der Waals surface area contributed by atoms with Crippen LogP contribution in [-0.4, -0.2) is 60.0 Å². The van der Waals surface area contributed by atoms with Gasteiger partial charge in [-0.2, -0.15) is 11.8 Å². The Labute approximate surface area is 125 Å². The Hall–Kier alpha value is -0.850. The van der Waals surface area contributed by atoms with Crippen LogP contribution >= 0.6 is 11.8 Å². The number of aromatic nitrogens is 2. The van der Waals surface area contributed by atoms with Crippen LogP contribution in [0, 0.1) is 0 Å². The average molecular weight is 293 g/mol. The van der Waals surface area contributed by atoms with Gasteiger partial charge in [-0.05, 0) is 21.0 Å². The Kier molecular flexibility index (Phi) is 4.14. The van der Waals surface area contributed by atoms with Crippen molar-refractivity contribution in [3.63, 3.8) is 0 Å². The molecule has 3 rings (SSSR count). The fourth-order valence-corrected chi connectivity index (χ4v) is 3.86. The number of anilines is 1. The summed E-state index contributed by atoms with van der Waals surface area (Å²) in [5.74, 6) is 4.10. The fraction of sp³-hybridized carbons (Fsp3) is 0.714. The van der Waals surface area contributed by atoms with E-state index < -0.39 is 0 Å². The van der Waals surface area contributed by atoms with Gasteiger partial charge in [-0.25, -0.2) is 9.97 Å². The smallest absolute Gasteiger partial charge is 0.149 e. The van der Waals surface area contributed by atoms with Crippen LogP contribution in [-0.2, 0) is 11.5 Å². The number of nitrogens with zero attached hydrogens (tertiary/aromatic N) is 4. The molecular weight excluding hydrogens is 270 g/mol. The van der Waals surface area contributed by atoms with Crippen molar-refractivity contribution in [2.24, 2.45) is 0 Å². The van der Waals surface area contributed by atoms with E-state index in [0.29, 0.717) is 6.04 Å². The van der Waals surface area contributed by atoms with E-state index in [1.54, 1.807) is 0 Å². The molecule has 0 amide bonds. The highest BCUT2D eigenvalue weighted by atomic mass is 32.2. The lowest BCUT2D eigenvalue weighted by atomic mass is 10.1. The van der Waals surface area contributed by atoms with Gasteiger partial charge < -0.3 is 10.2 Å². The van der Waals surface area contributed by atoms with Crippen molar-refractivity contribution in [3.05, 3.63) is 17.1 Å². The molecule has 1 atom stereocenters. The number of piperazine rings is 1. The molecule has 1 aromatic heterocycles. The highest BCUT2D eigenvalue weighted by molar-refractivity contribution is 7.98. The number of hydrogen-bond donors (Lipinski definition) is 1. The number of nitrogens with one attached hydrogen (secondary N) is 1. The minimum absolute atomic E-state index is 0.307. The lowest BCUT2D eigenvalue weighted by Crippen LogP contribution is -2.45. The molecule has 1 N–H and O–H groups in total. The molecule has 0 radical (unpaired) electrons. The summed E-state index contributed by atoms with van der Waals surface area (Å²) in [6.07, 6.45) is 0. The maximum Gasteiger partial charge on any atom is 0.149 e. The highest BCUT2D eigenvalue weighted by Crippen LogP contribution is 2.34. The van der Waals surface area contributed by atoms with Crippen LogP contribution in [0.1, 0.15) is 30.0 Å². The molecule has 2 aliphatic heterocycles. The second-order valence-corrected chi connectivity index (χ2v) is 6.62. The van der Waals surface area contributed by atoms with Crippen LogP contribution in [0.3, 0.4) is 0 Å². The Bertz CT molecular complexity index is 493. The Morgan fingerprint density at radius 2 is 2.10 bits per heavy atom. The van der Waals surface area contributed by atoms with Gasteiger partial charge in [0.25, 0.3) is 0 Å². The molecule has 1 aromatic rings. The van der Waals surface area contributed by atoms with E-state index in [4.69, 9.17) is 9.97 Å². The van der Waals surface area contributed by atoms with Gasteiger partial charge in [0.15, 0.2) is 0 Å². The number of hydrogen-bond acceptors (Lipinski definition) is 6. The first-order valence-corrected chi connectivity index (χ1v) is 8.44. The van der Waals surface area contributed by atoms with Crippen molar-refractivity contribution in [1.29, 1.82) is 0 Å². The van der Waals surface area contributed by atoms with E-state index in [1.165, 1.54) is 11.3 Å². The molecule has 1 saturated heterocycles. The summed E-state index contributed by atoms with van der Waals surface area (Å²) < 4.78 is 0. The van der Waals surface area contributed by atoms with E-state index in [0.717, 1.165) is 49.3 Å². The molecule has 1 fully saturated rings. The van der Waals surface area contributed by atoms with Gasteiger partial charge >= 0.3 is 0 Å². The first kappa shape index (κ1) is 14.1. The standard InChI is InChI=1S/C14H23N5S/c1-4-15-13-10-8-20-9-11(10)16-14(17-13)12-7-18(2)5-6-19(12)3/h12H,4-9H2,1-3H3,(H,15,16,17). The maximum atomic E-state index is 4.86. The van der Waals surface area contributed by atoms with Gasteiger partial charge in [0.05, 0.1) is 11.7 Å². The van der Waals surface area contributed by atoms with Gasteiger partial charge in [-0.3, -0.25) is 4.90 Å². The van der Waals surface area contributed by atoms with E-state index in [-0.39, 0.29) is 0 Å². The lowest BCUT2D eigenvalue weighted by Gasteiger charge is -2.36. The zero-order valence-corrected chi connectivity index (χ0v) is 13.3. The predicted molar refractivity (Wildman–Crippen MR) is 84.1 cm³/mol. The van der Waals surface area contributed by atoms with Gasteiger partial charge in [0, 0.05) is 43.2 Å². The molecule has 0 spiro atoms. The molecule has 0 bridgehead atoms. The quantitative estimate of drug-likeness (QED) is 0.913. The summed E-state index contributed by atoms with van der Waals surface area (Å²) in [5, 5.41) is 3.42. The normalized spacial score (nSPS) is 23.9. The number of fused-ring (bicyclic) bond motifs is 1. The lowest BCUT2D eigenvalue weighted by molar-refractivity contribution is 0.109. The molecule has 110 valence electrons. The third-order valence-corrected chi connectivity index (χ3v) is 5.06. The Morgan fingerprint density at radius 1 is 1.25 bits per heavy atom. The summed E-state index contributed by atoms with van der Waals surface area (Å²) in [6.45, 7) is 6.24. The summed E-state index contributed by atoms with van der Waals surface area (Å²) in [4.78, 5) is 14.4. The zero-order valence-electron chi connectivity index (χ0n) is 12.5. The number of rotatable bonds is 3. The molecule has 0 aromatic carbocycles. The zero-order chi connectivity index (χ0) is 14.1. The molecule has 6 heteroatoms. The van der Waals surface area contributed by atoms with Gasteiger partial charge in [-0.15, -0.1) is 0 Å². The largest absolute Gasteiger partial charge is 0.370 e. The van der Waals surface area contributed by atoms with Crippen molar-refractivity contribution < 1.29 is 0 Å². The van der Waals surface area contributed by atoms with E-state index in [2.05, 4.69) is 36.1 Å². The van der Waals surface area contributed by atoms with Gasteiger partial charge in [0.2, 0.25) is 0 Å². The van der Waals surface area contributed by atoms with Crippen LogP contribution in [0.2, 0.25) is 0 Å². The van der Waals surface area contributed by atoms with Crippen molar-refractivity contribution >= 4 is 17.6 Å². The van der Waals surface area contributed by atoms with Crippen molar-refractivity contribution in [3.8, 4) is 0 Å². The summed E-state index contributed by atoms with van der Waals surface area (Å²) in [6, 6.07) is 0.307. The van der Waals surface area contributed by atoms with E-state index in [1.807, 2.05) is 11.8 Å². The maximum absolute atomic E-state index is 4.86. The Balaban J connectivity index is 1.94. The molecule has 3 heterocycles. The first-order chi connectivity index (χ1) is 9.69. The molecule has 0 aliphatic carbocycles. The fourth-order valence-electron chi connectivity index (χ4n) is 2.82. The van der Waals surface area contributed by atoms with Gasteiger partial charge in [0.1, 0.15) is 11.6 Å². The monoisotopic (exact) mass is 293 g/mol. The second-order valence-electron chi connectivity index (χ2n) is 5.64. The van der Waals surface area contributed by atoms with Crippen LogP contribution in [0.5, 0.6) is 0 Å². The van der Waals surface area contributed by atoms with Crippen LogP contribution in [0.4, 0.5) is 5.82 Å². The molecule has 1 unspecified atom stereocenters. The molecule has 20 heavy (non-hydrogen) atoms. The van der Waals surface area contributed by atoms with Gasteiger partial charge in [-0.1, -0.05) is 0 Å². The van der Waals surface area contributed by atoms with E-state index in [9.17, 15) is 0 Å². The van der Waals surface area contributed by atoms with Crippen LogP contribution < -0.4 is 5.32 Å². The first-order valence-electron chi connectivity index (χ1n) is 7.29. The third kappa shape index (κ3) is 2.64. The molecular formula is C14H23N5S. The van der Waals surface area contributed by atoms with E-state index >= 15 is 0 Å². The molecule has 5 nitrogen and oxygen atoms in total. The topological polar surface area (TPSA) is 44.3 Å². The highest BCUT2D eigenvalue weighted by Gasteiger charge is 2.28. The SMILES string of the molecule is CCNc1nc(C2CN(C)CCN2C)nc2c1CSC2. The minimum atomic E-state index is 0.307. The second kappa shape index (κ2) is 5.87. The minimum Gasteiger partial charge on any atom is -0.370 e. The predicted octanol–water partition coefficient (Wildman–Crippen LogP) is 1.57. The van der Waals surface area contributed by atoms with Crippen molar-refractivity contribution in [1.82, 2.24) is 19.8 Å². The van der Waals surface area contributed by atoms with Crippen LogP contribution in [0.15, 0.2) is 0 Å². The average Bonchev–Trinajstić information content (AvgIpc) is 2.90. The summed E-state index contributed by atoms with van der Waals surface area (Å²) in [5.41, 5.74) is 2.55. The number of likely N-dealkylation sites (N-methyl/N-ethyl adjacent to an activating group) is 2.